The number of aliphatic carboxylic acids is 1. The maximum atomic E-state index is 11.5. The van der Waals surface area contributed by atoms with Crippen molar-refractivity contribution in [2.24, 2.45) is 11.8 Å². The summed E-state index contributed by atoms with van der Waals surface area (Å²) < 4.78 is 0. The second-order valence-electron chi connectivity index (χ2n) is 6.19. The maximum absolute atomic E-state index is 11.5. The molecule has 0 aliphatic heterocycles. The first-order valence-electron chi connectivity index (χ1n) is 8.00. The van der Waals surface area contributed by atoms with Crippen LogP contribution >= 0.6 is 11.8 Å². The number of hydrogen-bond acceptors (Lipinski definition) is 2. The lowest BCUT2D eigenvalue weighted by atomic mass is 9.80. The average Bonchev–Trinajstić information content (AvgIpc) is 2.46. The Morgan fingerprint density at radius 2 is 2.10 bits per heavy atom. The minimum Gasteiger partial charge on any atom is -0.481 e. The maximum Gasteiger partial charge on any atom is 0.307 e. The van der Waals surface area contributed by atoms with Crippen LogP contribution in [-0.4, -0.2) is 16.3 Å². The Balaban J connectivity index is 1.99. The molecule has 21 heavy (non-hydrogen) atoms. The number of hydrogen-bond donors (Lipinski definition) is 1. The van der Waals surface area contributed by atoms with Crippen LogP contribution in [0.25, 0.3) is 0 Å². The predicted molar refractivity (Wildman–Crippen MR) is 89.6 cm³/mol. The van der Waals surface area contributed by atoms with Gasteiger partial charge in [0.15, 0.2) is 0 Å². The van der Waals surface area contributed by atoms with Gasteiger partial charge in [0.05, 0.1) is 5.92 Å². The summed E-state index contributed by atoms with van der Waals surface area (Å²) in [5.74, 6) is 0.888. The summed E-state index contributed by atoms with van der Waals surface area (Å²) >= 11 is 1.85. The fraction of sp³-hybridized carbons (Fsp3) is 0.611. The van der Waals surface area contributed by atoms with E-state index in [-0.39, 0.29) is 11.2 Å². The highest BCUT2D eigenvalue weighted by molar-refractivity contribution is 7.99. The molecule has 0 saturated heterocycles. The van der Waals surface area contributed by atoms with Crippen molar-refractivity contribution in [3.63, 3.8) is 0 Å². The highest BCUT2D eigenvalue weighted by atomic mass is 32.2. The van der Waals surface area contributed by atoms with Crippen LogP contribution in [0.4, 0.5) is 0 Å². The zero-order valence-corrected chi connectivity index (χ0v) is 13.9. The second kappa shape index (κ2) is 7.88. The van der Waals surface area contributed by atoms with E-state index in [1.165, 1.54) is 24.0 Å². The highest BCUT2D eigenvalue weighted by Crippen LogP contribution is 2.39. The van der Waals surface area contributed by atoms with E-state index in [2.05, 4.69) is 38.1 Å². The molecule has 1 saturated carbocycles. The Bertz CT molecular complexity index is 472. The van der Waals surface area contributed by atoms with Gasteiger partial charge in [0.25, 0.3) is 0 Å². The third kappa shape index (κ3) is 4.50. The lowest BCUT2D eigenvalue weighted by Gasteiger charge is -2.33. The second-order valence-corrected chi connectivity index (χ2v) is 7.42. The molecule has 0 heterocycles. The molecule has 1 N–H and O–H groups in total. The third-order valence-electron chi connectivity index (χ3n) is 4.63. The molecule has 2 rings (SSSR count). The highest BCUT2D eigenvalue weighted by Gasteiger charge is 2.34. The van der Waals surface area contributed by atoms with E-state index in [0.717, 1.165) is 30.9 Å². The molecule has 2 nitrogen and oxygen atoms in total. The van der Waals surface area contributed by atoms with Crippen molar-refractivity contribution in [1.82, 2.24) is 0 Å². The molecular formula is C18H26O2S. The van der Waals surface area contributed by atoms with Crippen LogP contribution in [0, 0.1) is 18.8 Å². The number of benzene rings is 1. The lowest BCUT2D eigenvalue weighted by molar-refractivity contribution is -0.142. The summed E-state index contributed by atoms with van der Waals surface area (Å²) in [5.41, 5.74) is 2.64. The molecule has 116 valence electrons. The van der Waals surface area contributed by atoms with E-state index in [9.17, 15) is 9.90 Å². The average molecular weight is 306 g/mol. The molecule has 0 radical (unpaired) electrons. The minimum atomic E-state index is -0.604. The molecular weight excluding hydrogens is 280 g/mol. The summed E-state index contributed by atoms with van der Waals surface area (Å²) in [4.78, 5) is 11.5. The van der Waals surface area contributed by atoms with Gasteiger partial charge in [-0.05, 0) is 43.2 Å². The van der Waals surface area contributed by atoms with Crippen molar-refractivity contribution in [2.45, 2.75) is 57.0 Å². The van der Waals surface area contributed by atoms with Crippen molar-refractivity contribution in [2.75, 3.05) is 0 Å². The Labute approximate surface area is 132 Å². The number of aryl methyl sites for hydroxylation is 1. The summed E-state index contributed by atoms with van der Waals surface area (Å²) in [7, 11) is 0. The summed E-state index contributed by atoms with van der Waals surface area (Å²) in [6.07, 6.45) is 5.46. The number of rotatable bonds is 6. The van der Waals surface area contributed by atoms with Crippen LogP contribution < -0.4 is 0 Å². The van der Waals surface area contributed by atoms with E-state index in [0.29, 0.717) is 0 Å². The topological polar surface area (TPSA) is 37.3 Å². The quantitative estimate of drug-likeness (QED) is 0.812. The normalized spacial score (nSPS) is 25.7. The zero-order valence-electron chi connectivity index (χ0n) is 13.0. The van der Waals surface area contributed by atoms with Gasteiger partial charge < -0.3 is 5.11 Å². The molecule has 3 unspecified atom stereocenters. The molecule has 0 bridgehead atoms. The molecule has 0 aromatic heterocycles. The Hall–Kier alpha value is -0.960. The summed E-state index contributed by atoms with van der Waals surface area (Å²) in [6.45, 7) is 4.35. The molecule has 3 heteroatoms. The van der Waals surface area contributed by atoms with Crippen molar-refractivity contribution in [3.8, 4) is 0 Å². The number of thioether (sulfide) groups is 1. The van der Waals surface area contributed by atoms with E-state index in [4.69, 9.17) is 0 Å². The molecule has 1 aliphatic rings. The van der Waals surface area contributed by atoms with Crippen molar-refractivity contribution in [3.05, 3.63) is 35.4 Å². The molecule has 0 amide bonds. The van der Waals surface area contributed by atoms with Crippen LogP contribution in [0.15, 0.2) is 24.3 Å². The van der Waals surface area contributed by atoms with Crippen LogP contribution in [0.2, 0.25) is 0 Å². The molecule has 1 aromatic rings. The molecule has 1 aliphatic carbocycles. The molecule has 1 aromatic carbocycles. The molecule has 0 spiro atoms. The SMILES string of the molecule is CCCC1CCC(C(=O)O)C(SCc2ccccc2C)C1. The first-order valence-corrected chi connectivity index (χ1v) is 9.05. The zero-order chi connectivity index (χ0) is 15.2. The Morgan fingerprint density at radius 1 is 1.33 bits per heavy atom. The lowest BCUT2D eigenvalue weighted by Crippen LogP contribution is -2.33. The van der Waals surface area contributed by atoms with Gasteiger partial charge in [0.2, 0.25) is 0 Å². The van der Waals surface area contributed by atoms with Gasteiger partial charge in [0, 0.05) is 11.0 Å². The summed E-state index contributed by atoms with van der Waals surface area (Å²) in [6, 6.07) is 8.41. The molecule has 1 fully saturated rings. The summed E-state index contributed by atoms with van der Waals surface area (Å²) in [5, 5.41) is 9.73. The first kappa shape index (κ1) is 16.4. The van der Waals surface area contributed by atoms with Crippen LogP contribution in [0.5, 0.6) is 0 Å². The fourth-order valence-electron chi connectivity index (χ4n) is 3.32. The Kier molecular flexibility index (Phi) is 6.16. The first-order chi connectivity index (χ1) is 10.1. The van der Waals surface area contributed by atoms with Gasteiger partial charge >= 0.3 is 5.97 Å². The van der Waals surface area contributed by atoms with Crippen molar-refractivity contribution < 1.29 is 9.90 Å². The van der Waals surface area contributed by atoms with Crippen LogP contribution in [0.1, 0.15) is 50.2 Å². The number of carbonyl (C=O) groups is 1. The van der Waals surface area contributed by atoms with Crippen LogP contribution in [0.3, 0.4) is 0 Å². The van der Waals surface area contributed by atoms with Gasteiger partial charge in [-0.15, -0.1) is 0 Å². The minimum absolute atomic E-state index is 0.160. The van der Waals surface area contributed by atoms with Crippen molar-refractivity contribution >= 4 is 17.7 Å². The number of carboxylic acids is 1. The van der Waals surface area contributed by atoms with Gasteiger partial charge in [-0.3, -0.25) is 4.79 Å². The number of carboxylic acid groups (broad SMARTS) is 1. The predicted octanol–water partition coefficient (Wildman–Crippen LogP) is 4.90. The van der Waals surface area contributed by atoms with E-state index < -0.39 is 5.97 Å². The van der Waals surface area contributed by atoms with Crippen molar-refractivity contribution in [1.29, 1.82) is 0 Å². The van der Waals surface area contributed by atoms with E-state index >= 15 is 0 Å². The van der Waals surface area contributed by atoms with Crippen LogP contribution in [-0.2, 0) is 10.5 Å². The van der Waals surface area contributed by atoms with Gasteiger partial charge in [0.1, 0.15) is 0 Å². The van der Waals surface area contributed by atoms with Gasteiger partial charge in [-0.2, -0.15) is 11.8 Å². The smallest absolute Gasteiger partial charge is 0.307 e. The Morgan fingerprint density at radius 3 is 2.76 bits per heavy atom. The van der Waals surface area contributed by atoms with E-state index in [1.54, 1.807) is 0 Å². The van der Waals surface area contributed by atoms with Gasteiger partial charge in [-0.1, -0.05) is 44.0 Å². The monoisotopic (exact) mass is 306 g/mol. The largest absolute Gasteiger partial charge is 0.481 e. The fourth-order valence-corrected chi connectivity index (χ4v) is 4.93. The van der Waals surface area contributed by atoms with E-state index in [1.807, 2.05) is 11.8 Å². The van der Waals surface area contributed by atoms with Gasteiger partial charge in [-0.25, -0.2) is 0 Å². The standard InChI is InChI=1S/C18H26O2S/c1-3-6-14-9-10-16(18(19)20)17(11-14)21-12-15-8-5-4-7-13(15)2/h4-5,7-8,14,16-17H,3,6,9-12H2,1-2H3,(H,19,20). The third-order valence-corrected chi connectivity index (χ3v) is 6.06. The molecule has 3 atom stereocenters.